The van der Waals surface area contributed by atoms with Crippen molar-refractivity contribution in [3.05, 3.63) is 37.9 Å². The third-order valence-corrected chi connectivity index (χ3v) is 2.63. The zero-order valence-electron chi connectivity index (χ0n) is 12.0. The molecule has 0 aliphatic carbocycles. The number of non-ortho nitro benzene ring substituents is 1. The average Bonchev–Trinajstić information content (AvgIpc) is 2.38. The van der Waals surface area contributed by atoms with Crippen LogP contribution in [0.2, 0.25) is 0 Å². The highest BCUT2D eigenvalue weighted by Crippen LogP contribution is 2.37. The normalized spacial score (nSPS) is 11.2. The number of hydrogen-bond acceptors (Lipinski definition) is 5. The van der Waals surface area contributed by atoms with E-state index >= 15 is 0 Å². The summed E-state index contributed by atoms with van der Waals surface area (Å²) in [4.78, 5) is 19.6. The minimum Gasteiger partial charge on any atom is -0.868 e. The van der Waals surface area contributed by atoms with Crippen LogP contribution in [0.5, 0.6) is 5.75 Å². The van der Waals surface area contributed by atoms with Gasteiger partial charge in [0.1, 0.15) is 0 Å². The van der Waals surface area contributed by atoms with Crippen molar-refractivity contribution in [2.75, 3.05) is 14.1 Å². The second-order valence-corrected chi connectivity index (χ2v) is 4.28. The largest absolute Gasteiger partial charge is 0.868 e. The van der Waals surface area contributed by atoms with Crippen LogP contribution in [0.1, 0.15) is 31.7 Å². The van der Waals surface area contributed by atoms with Crippen molar-refractivity contribution in [1.29, 1.82) is 0 Å². The van der Waals surface area contributed by atoms with Crippen molar-refractivity contribution in [2.24, 2.45) is 0 Å². The molecule has 0 aliphatic heterocycles. The van der Waals surface area contributed by atoms with Gasteiger partial charge in [-0.1, -0.05) is 13.8 Å². The van der Waals surface area contributed by atoms with Gasteiger partial charge in [-0.15, -0.1) is 0 Å². The number of nitrogens with zero attached hydrogens (tertiary/aromatic N) is 2. The lowest BCUT2D eigenvalue weighted by molar-refractivity contribution is -0.597. The zero-order chi connectivity index (χ0) is 15.9. The number of nitro groups is 2. The van der Waals surface area contributed by atoms with Crippen molar-refractivity contribution in [3.63, 3.8) is 0 Å². The van der Waals surface area contributed by atoms with Crippen molar-refractivity contribution < 1.29 is 20.3 Å². The summed E-state index contributed by atoms with van der Waals surface area (Å²) in [6, 6.07) is 1.82. The van der Waals surface area contributed by atoms with Gasteiger partial charge in [-0.25, -0.2) is 0 Å². The predicted octanol–water partition coefficient (Wildman–Crippen LogP) is 0.899. The Morgan fingerprint density at radius 2 is 1.70 bits per heavy atom. The van der Waals surface area contributed by atoms with Gasteiger partial charge < -0.3 is 10.4 Å². The van der Waals surface area contributed by atoms with Crippen molar-refractivity contribution >= 4 is 11.4 Å². The van der Waals surface area contributed by atoms with Crippen LogP contribution in [-0.4, -0.2) is 23.9 Å². The Kier molecular flexibility index (Phi) is 7.16. The summed E-state index contributed by atoms with van der Waals surface area (Å²) in [5.41, 5.74) is -1.05. The SMILES string of the molecule is CC[C@@H](C)c1cc([N+](=O)[O-])cc([N+](=O)[O-])c1[O-].C[NH2+]C. The van der Waals surface area contributed by atoms with Gasteiger partial charge in [0.05, 0.1) is 30.0 Å². The van der Waals surface area contributed by atoms with Gasteiger partial charge in [-0.05, 0) is 23.7 Å². The molecule has 0 unspecified atom stereocenters. The monoisotopic (exact) mass is 285 g/mol. The lowest BCUT2D eigenvalue weighted by Crippen LogP contribution is -2.74. The fourth-order valence-corrected chi connectivity index (χ4v) is 1.45. The van der Waals surface area contributed by atoms with E-state index < -0.39 is 27.0 Å². The summed E-state index contributed by atoms with van der Waals surface area (Å²) in [6.45, 7) is 3.50. The van der Waals surface area contributed by atoms with E-state index in [-0.39, 0.29) is 11.5 Å². The maximum Gasteiger partial charge on any atom is 0.276 e. The molecule has 1 atom stereocenters. The smallest absolute Gasteiger partial charge is 0.276 e. The topological polar surface area (TPSA) is 126 Å². The Bertz CT molecular complexity index is 490. The van der Waals surface area contributed by atoms with Crippen molar-refractivity contribution in [2.45, 2.75) is 26.2 Å². The van der Waals surface area contributed by atoms with Crippen LogP contribution < -0.4 is 10.4 Å². The summed E-state index contributed by atoms with van der Waals surface area (Å²) in [5.74, 6) is -0.990. The number of benzene rings is 1. The fraction of sp³-hybridized carbons (Fsp3) is 0.500. The lowest BCUT2D eigenvalue weighted by Gasteiger charge is -2.17. The van der Waals surface area contributed by atoms with Gasteiger partial charge >= 0.3 is 0 Å². The summed E-state index contributed by atoms with van der Waals surface area (Å²) < 4.78 is 0. The summed E-state index contributed by atoms with van der Waals surface area (Å²) >= 11 is 0. The molecule has 0 radical (unpaired) electrons. The molecule has 0 bridgehead atoms. The van der Waals surface area contributed by atoms with Gasteiger partial charge in [0, 0.05) is 6.07 Å². The first-order valence-electron chi connectivity index (χ1n) is 6.17. The van der Waals surface area contributed by atoms with E-state index in [1.165, 1.54) is 0 Å². The Hall–Kier alpha value is -2.22. The molecule has 8 nitrogen and oxygen atoms in total. The molecule has 0 heterocycles. The maximum absolute atomic E-state index is 11.7. The number of hydrogen-bond donors (Lipinski definition) is 1. The van der Waals surface area contributed by atoms with Gasteiger partial charge in [0.2, 0.25) is 0 Å². The van der Waals surface area contributed by atoms with Crippen LogP contribution in [0.25, 0.3) is 0 Å². The van der Waals surface area contributed by atoms with Crippen LogP contribution >= 0.6 is 0 Å². The van der Waals surface area contributed by atoms with E-state index in [9.17, 15) is 25.3 Å². The molecule has 0 saturated carbocycles. The van der Waals surface area contributed by atoms with Crippen molar-refractivity contribution in [3.8, 4) is 5.75 Å². The van der Waals surface area contributed by atoms with E-state index in [1.54, 1.807) is 13.8 Å². The highest BCUT2D eigenvalue weighted by molar-refractivity contribution is 5.58. The molecule has 20 heavy (non-hydrogen) atoms. The summed E-state index contributed by atoms with van der Waals surface area (Å²) in [7, 11) is 4.00. The van der Waals surface area contributed by atoms with E-state index in [2.05, 4.69) is 0 Å². The first-order valence-corrected chi connectivity index (χ1v) is 6.17. The number of rotatable bonds is 4. The number of quaternary nitrogens is 1. The molecule has 112 valence electrons. The molecule has 0 aromatic heterocycles. The van der Waals surface area contributed by atoms with Crippen LogP contribution in [-0.2, 0) is 0 Å². The molecular weight excluding hydrogens is 266 g/mol. The molecule has 0 fully saturated rings. The molecule has 8 heteroatoms. The van der Waals surface area contributed by atoms with E-state index in [0.717, 1.165) is 6.07 Å². The second-order valence-electron chi connectivity index (χ2n) is 4.28. The van der Waals surface area contributed by atoms with Crippen LogP contribution in [0.15, 0.2) is 12.1 Å². The Morgan fingerprint density at radius 3 is 2.05 bits per heavy atom. The Morgan fingerprint density at radius 1 is 1.20 bits per heavy atom. The molecule has 1 aromatic carbocycles. The molecule has 1 rings (SSSR count). The standard InChI is InChI=1S/C10H12N2O5.C2H7N/c1-3-6(2)8-4-7(11(14)15)5-9(10(8)13)12(16)17;1-3-2/h4-6,13H,3H2,1-2H3;3H,1-2H3/t6-;/m1./s1. The van der Waals surface area contributed by atoms with Crippen molar-refractivity contribution in [1.82, 2.24) is 0 Å². The third-order valence-electron chi connectivity index (χ3n) is 2.63. The molecule has 0 amide bonds. The molecular formula is C12H19N3O5. The molecule has 1 aromatic rings. The quantitative estimate of drug-likeness (QED) is 0.649. The van der Waals surface area contributed by atoms with Crippen LogP contribution in [0.3, 0.4) is 0 Å². The minimum absolute atomic E-state index is 0.119. The van der Waals surface area contributed by atoms with E-state index in [1.807, 2.05) is 19.4 Å². The molecule has 0 spiro atoms. The van der Waals surface area contributed by atoms with E-state index in [0.29, 0.717) is 12.5 Å². The maximum atomic E-state index is 11.7. The van der Waals surface area contributed by atoms with Crippen LogP contribution in [0, 0.1) is 20.2 Å². The van der Waals surface area contributed by atoms with E-state index in [4.69, 9.17) is 0 Å². The molecule has 0 aliphatic rings. The predicted molar refractivity (Wildman–Crippen MR) is 71.7 cm³/mol. The third kappa shape index (κ3) is 4.47. The first kappa shape index (κ1) is 17.8. The summed E-state index contributed by atoms with van der Waals surface area (Å²) in [5, 5.41) is 35.0. The zero-order valence-corrected chi connectivity index (χ0v) is 12.0. The highest BCUT2D eigenvalue weighted by Gasteiger charge is 2.20. The summed E-state index contributed by atoms with van der Waals surface area (Å²) in [6.07, 6.45) is 0.577. The number of nitro benzene ring substituents is 2. The van der Waals surface area contributed by atoms with Crippen LogP contribution in [0.4, 0.5) is 11.4 Å². The van der Waals surface area contributed by atoms with Gasteiger partial charge in [0.15, 0.2) is 0 Å². The highest BCUT2D eigenvalue weighted by atomic mass is 16.6. The first-order chi connectivity index (χ1) is 9.29. The average molecular weight is 285 g/mol. The van der Waals surface area contributed by atoms with Gasteiger partial charge in [-0.2, -0.15) is 0 Å². The molecule has 0 saturated heterocycles. The second kappa shape index (κ2) is 8.05. The Labute approximate surface area is 116 Å². The van der Waals surface area contributed by atoms with Gasteiger partial charge in [-0.3, -0.25) is 20.2 Å². The lowest BCUT2D eigenvalue weighted by atomic mass is 9.96. The fourth-order valence-electron chi connectivity index (χ4n) is 1.45. The minimum atomic E-state index is -0.888. The Balaban J connectivity index is 0.00000110. The number of nitrogens with two attached hydrogens (primary N) is 1. The molecule has 2 N–H and O–H groups in total. The van der Waals surface area contributed by atoms with Gasteiger partial charge in [0.25, 0.3) is 11.4 Å².